The van der Waals surface area contributed by atoms with E-state index in [2.05, 4.69) is 202 Å². The molecule has 290 valence electrons. The predicted octanol–water partition coefficient (Wildman–Crippen LogP) is 15.9. The lowest BCUT2D eigenvalue weighted by Gasteiger charge is -2.33. The maximum Gasteiger partial charge on any atom is 0.0540 e. The van der Waals surface area contributed by atoms with Gasteiger partial charge in [-0.3, -0.25) is 0 Å². The van der Waals surface area contributed by atoms with Gasteiger partial charge < -0.3 is 4.90 Å². The Hall–Kier alpha value is -4.88. The van der Waals surface area contributed by atoms with E-state index in [0.717, 1.165) is 0 Å². The van der Waals surface area contributed by atoms with Gasteiger partial charge in [0.2, 0.25) is 0 Å². The molecule has 0 heterocycles. The van der Waals surface area contributed by atoms with Gasteiger partial charge in [-0.2, -0.15) is 0 Å². The maximum absolute atomic E-state index is 2.60. The Morgan fingerprint density at radius 1 is 0.421 bits per heavy atom. The van der Waals surface area contributed by atoms with Crippen molar-refractivity contribution in [3.63, 3.8) is 0 Å². The zero-order valence-corrected chi connectivity index (χ0v) is 36.3. The molecule has 3 aliphatic rings. The van der Waals surface area contributed by atoms with Gasteiger partial charge in [0, 0.05) is 27.8 Å². The van der Waals surface area contributed by atoms with Gasteiger partial charge in [0.15, 0.2) is 0 Å². The number of fused-ring (bicyclic) bond motifs is 8. The van der Waals surface area contributed by atoms with E-state index in [9.17, 15) is 0 Å². The highest BCUT2D eigenvalue weighted by Gasteiger charge is 2.45. The van der Waals surface area contributed by atoms with E-state index in [4.69, 9.17) is 0 Å². The molecule has 0 saturated heterocycles. The first-order valence-corrected chi connectivity index (χ1v) is 21.5. The number of hydrogen-bond donors (Lipinski definition) is 0. The quantitative estimate of drug-likeness (QED) is 0.174. The summed E-state index contributed by atoms with van der Waals surface area (Å²) >= 11 is 0. The highest BCUT2D eigenvalue weighted by molar-refractivity contribution is 5.93. The Labute approximate surface area is 343 Å². The second-order valence-corrected chi connectivity index (χ2v) is 21.1. The molecule has 1 heteroatoms. The molecule has 6 aromatic carbocycles. The van der Waals surface area contributed by atoms with Crippen LogP contribution >= 0.6 is 0 Å². The largest absolute Gasteiger partial charge is 0.310 e. The maximum atomic E-state index is 2.60. The van der Waals surface area contributed by atoms with Crippen LogP contribution in [0.2, 0.25) is 0 Å². The summed E-state index contributed by atoms with van der Waals surface area (Å²) in [4.78, 5) is 2.60. The van der Waals surface area contributed by atoms with Crippen LogP contribution in [0.3, 0.4) is 0 Å². The molecule has 0 aliphatic heterocycles. The van der Waals surface area contributed by atoms with Gasteiger partial charge in [-0.15, -0.1) is 0 Å². The minimum Gasteiger partial charge on any atom is -0.310 e. The van der Waals surface area contributed by atoms with Crippen LogP contribution in [0.4, 0.5) is 17.1 Å². The summed E-state index contributed by atoms with van der Waals surface area (Å²) in [5, 5.41) is 0. The van der Waals surface area contributed by atoms with Crippen LogP contribution in [0.5, 0.6) is 0 Å². The van der Waals surface area contributed by atoms with Crippen molar-refractivity contribution in [1.29, 1.82) is 0 Å². The molecule has 9 rings (SSSR count). The Balaban J connectivity index is 1.34. The zero-order chi connectivity index (χ0) is 40.3. The molecule has 3 aliphatic carbocycles. The van der Waals surface area contributed by atoms with Gasteiger partial charge in [-0.25, -0.2) is 0 Å². The lowest BCUT2D eigenvalue weighted by Crippen LogP contribution is -2.21. The Kier molecular flexibility index (Phi) is 8.47. The smallest absolute Gasteiger partial charge is 0.0540 e. The first-order valence-electron chi connectivity index (χ1n) is 21.5. The number of benzene rings is 6. The number of nitrogens with zero attached hydrogens (tertiary/aromatic N) is 1. The number of rotatable bonds is 4. The van der Waals surface area contributed by atoms with Crippen molar-refractivity contribution in [2.45, 2.75) is 129 Å². The molecule has 0 radical (unpaired) electrons. The highest BCUT2D eigenvalue weighted by atomic mass is 15.1. The fourth-order valence-electron chi connectivity index (χ4n) is 10.4. The van der Waals surface area contributed by atoms with Crippen LogP contribution in [0.25, 0.3) is 33.4 Å². The molecule has 1 fully saturated rings. The molecule has 1 saturated carbocycles. The van der Waals surface area contributed by atoms with Gasteiger partial charge in [-0.05, 0) is 132 Å². The average molecular weight is 748 g/mol. The third kappa shape index (κ3) is 6.02. The van der Waals surface area contributed by atoms with E-state index in [1.165, 1.54) is 115 Å². The van der Waals surface area contributed by atoms with Crippen LogP contribution in [-0.4, -0.2) is 0 Å². The first kappa shape index (κ1) is 37.7. The van der Waals surface area contributed by atoms with Gasteiger partial charge in [0.05, 0.1) is 5.69 Å². The molecule has 57 heavy (non-hydrogen) atoms. The molecule has 0 aromatic heterocycles. The third-order valence-corrected chi connectivity index (χ3v) is 13.9. The molecule has 6 aromatic rings. The van der Waals surface area contributed by atoms with E-state index in [1.54, 1.807) is 0 Å². The Bertz CT molecular complexity index is 2520. The van der Waals surface area contributed by atoms with Crippen molar-refractivity contribution in [1.82, 2.24) is 0 Å². The van der Waals surface area contributed by atoms with E-state index < -0.39 is 0 Å². The van der Waals surface area contributed by atoms with Crippen LogP contribution in [0.1, 0.15) is 141 Å². The average Bonchev–Trinajstić information content (AvgIpc) is 3.83. The van der Waals surface area contributed by atoms with E-state index in [1.807, 2.05) is 0 Å². The molecule has 0 unspecified atom stereocenters. The molecule has 0 amide bonds. The fourth-order valence-corrected chi connectivity index (χ4v) is 10.4. The summed E-state index contributed by atoms with van der Waals surface area (Å²) < 4.78 is 0. The topological polar surface area (TPSA) is 3.24 Å². The Morgan fingerprint density at radius 3 is 1.49 bits per heavy atom. The van der Waals surface area contributed by atoms with Crippen LogP contribution in [0.15, 0.2) is 121 Å². The zero-order valence-electron chi connectivity index (χ0n) is 36.3. The molecule has 0 N–H and O–H groups in total. The van der Waals surface area contributed by atoms with Crippen LogP contribution in [-0.2, 0) is 27.1 Å². The third-order valence-electron chi connectivity index (χ3n) is 13.9. The highest BCUT2D eigenvalue weighted by Crippen LogP contribution is 2.58. The van der Waals surface area contributed by atoms with Gasteiger partial charge >= 0.3 is 0 Å². The Morgan fingerprint density at radius 2 is 0.912 bits per heavy atom. The summed E-state index contributed by atoms with van der Waals surface area (Å²) in [5.41, 5.74) is 21.7. The monoisotopic (exact) mass is 747 g/mol. The van der Waals surface area contributed by atoms with Crippen molar-refractivity contribution in [2.24, 2.45) is 0 Å². The summed E-state index contributed by atoms with van der Waals surface area (Å²) in [5.74, 6) is 0. The van der Waals surface area contributed by atoms with Crippen LogP contribution in [0, 0.1) is 0 Å². The first-order chi connectivity index (χ1) is 26.9. The minimum absolute atomic E-state index is 0.00264. The molecular weight excluding hydrogens is 687 g/mol. The summed E-state index contributed by atoms with van der Waals surface area (Å²) in [6.07, 6.45) is 4.99. The van der Waals surface area contributed by atoms with Crippen molar-refractivity contribution in [2.75, 3.05) is 4.90 Å². The van der Waals surface area contributed by atoms with Gasteiger partial charge in [-0.1, -0.05) is 174 Å². The second kappa shape index (κ2) is 12.8. The van der Waals surface area contributed by atoms with Crippen molar-refractivity contribution in [3.05, 3.63) is 160 Å². The summed E-state index contributed by atoms with van der Waals surface area (Å²) in [6.45, 7) is 25.9. The number of anilines is 3. The molecule has 1 nitrogen and oxygen atoms in total. The lowest BCUT2D eigenvalue weighted by atomic mass is 9.76. The SMILES string of the molecule is CC(C)(C)c1cc(-c2cc(C(C)(C)C)ccc2N(c2ccc3c(c2)C(C)(C)c2ccccc2-3)c2ccc3c(c2)C2(CCCC2)c2ccccc2-3)cc(C(C)(C)C)c1. The van der Waals surface area contributed by atoms with Crippen LogP contribution < -0.4 is 4.90 Å². The van der Waals surface area contributed by atoms with Crippen molar-refractivity contribution < 1.29 is 0 Å². The molecule has 1 spiro atoms. The second-order valence-electron chi connectivity index (χ2n) is 21.1. The minimum atomic E-state index is -0.108. The summed E-state index contributed by atoms with van der Waals surface area (Å²) in [7, 11) is 0. The van der Waals surface area contributed by atoms with Gasteiger partial charge in [0.25, 0.3) is 0 Å². The molecular formula is C56H61N. The van der Waals surface area contributed by atoms with E-state index in [-0.39, 0.29) is 27.1 Å². The molecule has 0 atom stereocenters. The standard InChI is InChI=1S/C56H61N/c1-52(2,3)37-22-27-51(46(33-37)36-30-38(53(4,5)6)32-39(31-36)54(7,8)9)57(40-23-25-44-42-18-12-14-20-47(42)55(10,11)49(44)34-40)41-24-26-45-43-19-13-15-21-48(43)56(50(45)35-41)28-16-17-29-56/h12-15,18-27,30-35H,16-17,28-29H2,1-11H3. The number of hydrogen-bond acceptors (Lipinski definition) is 1. The summed E-state index contributed by atoms with van der Waals surface area (Å²) in [6, 6.07) is 47.7. The normalized spacial score (nSPS) is 16.3. The predicted molar refractivity (Wildman–Crippen MR) is 245 cm³/mol. The lowest BCUT2D eigenvalue weighted by molar-refractivity contribution is 0.550. The fraction of sp³-hybridized carbons (Fsp3) is 0.357. The van der Waals surface area contributed by atoms with Crippen molar-refractivity contribution >= 4 is 17.1 Å². The van der Waals surface area contributed by atoms with Gasteiger partial charge in [0.1, 0.15) is 0 Å². The molecule has 0 bridgehead atoms. The van der Waals surface area contributed by atoms with E-state index in [0.29, 0.717) is 0 Å². The van der Waals surface area contributed by atoms with Crippen molar-refractivity contribution in [3.8, 4) is 33.4 Å². The van der Waals surface area contributed by atoms with E-state index >= 15 is 0 Å².